The van der Waals surface area contributed by atoms with Crippen LogP contribution < -0.4 is 0 Å². The second kappa shape index (κ2) is 2.67. The van der Waals surface area contributed by atoms with Gasteiger partial charge in [-0.2, -0.15) is 0 Å². The number of hydrogen-bond donors (Lipinski definition) is 1. The van der Waals surface area contributed by atoms with Crippen LogP contribution in [0.2, 0.25) is 0 Å². The first-order chi connectivity index (χ1) is 4.33. The van der Waals surface area contributed by atoms with Crippen molar-refractivity contribution >= 4 is 0 Å². The Bertz CT molecular complexity index is 78.9. The van der Waals surface area contributed by atoms with Gasteiger partial charge in [-0.3, -0.25) is 0 Å². The maximum absolute atomic E-state index is 8.61. The molecule has 0 amide bonds. The molecule has 1 rings (SSSR count). The molecule has 1 fully saturated rings. The lowest BCUT2D eigenvalue weighted by Gasteiger charge is -2.10. The molecule has 1 saturated carbocycles. The lowest BCUT2D eigenvalue weighted by atomic mass is 10.1. The van der Waals surface area contributed by atoms with Crippen molar-refractivity contribution in [2.45, 2.75) is 19.3 Å². The maximum Gasteiger partial charge on any atom is 0.0519 e. The van der Waals surface area contributed by atoms with Crippen LogP contribution in [0, 0.1) is 5.41 Å². The van der Waals surface area contributed by atoms with Gasteiger partial charge in [-0.15, -0.1) is 0 Å². The summed E-state index contributed by atoms with van der Waals surface area (Å²) < 4.78 is 5.01. The second-order valence-corrected chi connectivity index (χ2v) is 2.91. The van der Waals surface area contributed by atoms with Crippen LogP contribution in [0.4, 0.5) is 0 Å². The molecular weight excluding hydrogens is 116 g/mol. The van der Waals surface area contributed by atoms with Crippen LogP contribution in [0.3, 0.4) is 0 Å². The molecule has 0 saturated heterocycles. The van der Waals surface area contributed by atoms with Gasteiger partial charge in [-0.1, -0.05) is 0 Å². The highest BCUT2D eigenvalue weighted by molar-refractivity contribution is 4.92. The fourth-order valence-electron chi connectivity index (χ4n) is 1.19. The first-order valence-corrected chi connectivity index (χ1v) is 3.43. The van der Waals surface area contributed by atoms with Crippen molar-refractivity contribution < 1.29 is 9.84 Å². The van der Waals surface area contributed by atoms with E-state index in [1.54, 1.807) is 7.11 Å². The minimum absolute atomic E-state index is 0.309. The van der Waals surface area contributed by atoms with Gasteiger partial charge in [0.1, 0.15) is 0 Å². The third kappa shape index (κ3) is 1.66. The summed E-state index contributed by atoms with van der Waals surface area (Å²) in [5.74, 6) is 0. The van der Waals surface area contributed by atoms with E-state index in [0.29, 0.717) is 12.0 Å². The highest BCUT2D eigenvalue weighted by Gasteiger charge is 2.41. The summed E-state index contributed by atoms with van der Waals surface area (Å²) in [7, 11) is 1.72. The predicted octanol–water partition coefficient (Wildman–Crippen LogP) is 0.795. The van der Waals surface area contributed by atoms with Crippen molar-refractivity contribution in [2.75, 3.05) is 20.3 Å². The molecule has 54 valence electrons. The topological polar surface area (TPSA) is 29.5 Å². The fourth-order valence-corrected chi connectivity index (χ4v) is 1.19. The van der Waals surface area contributed by atoms with E-state index >= 15 is 0 Å². The van der Waals surface area contributed by atoms with Crippen molar-refractivity contribution in [3.05, 3.63) is 0 Å². The SMILES string of the molecule is COCC1(CCO)CC1. The quantitative estimate of drug-likeness (QED) is 0.609. The summed E-state index contributed by atoms with van der Waals surface area (Å²) in [6, 6.07) is 0. The summed E-state index contributed by atoms with van der Waals surface area (Å²) >= 11 is 0. The summed E-state index contributed by atoms with van der Waals surface area (Å²) in [6.07, 6.45) is 3.39. The number of aliphatic hydroxyl groups is 1. The first-order valence-electron chi connectivity index (χ1n) is 3.43. The first kappa shape index (κ1) is 7.03. The van der Waals surface area contributed by atoms with E-state index < -0.39 is 0 Å². The molecule has 9 heavy (non-hydrogen) atoms. The van der Waals surface area contributed by atoms with Crippen LogP contribution in [0.25, 0.3) is 0 Å². The zero-order valence-electron chi connectivity index (χ0n) is 5.89. The molecule has 0 unspecified atom stereocenters. The Kier molecular flexibility index (Phi) is 2.09. The normalized spacial score (nSPS) is 22.0. The van der Waals surface area contributed by atoms with Gasteiger partial charge in [-0.05, 0) is 24.7 Å². The lowest BCUT2D eigenvalue weighted by molar-refractivity contribution is 0.120. The van der Waals surface area contributed by atoms with Crippen LogP contribution in [0.5, 0.6) is 0 Å². The Balaban J connectivity index is 2.17. The van der Waals surface area contributed by atoms with Crippen LogP contribution in [-0.2, 0) is 4.74 Å². The van der Waals surface area contributed by atoms with Gasteiger partial charge in [0.15, 0.2) is 0 Å². The van der Waals surface area contributed by atoms with E-state index in [4.69, 9.17) is 9.84 Å². The highest BCUT2D eigenvalue weighted by atomic mass is 16.5. The third-order valence-corrected chi connectivity index (χ3v) is 2.05. The summed E-state index contributed by atoms with van der Waals surface area (Å²) in [5.41, 5.74) is 0.378. The molecule has 0 aromatic heterocycles. The van der Waals surface area contributed by atoms with Crippen molar-refractivity contribution in [2.24, 2.45) is 5.41 Å². The fraction of sp³-hybridized carbons (Fsp3) is 1.00. The Hall–Kier alpha value is -0.0800. The zero-order chi connectivity index (χ0) is 6.74. The summed E-state index contributed by atoms with van der Waals surface area (Å²) in [4.78, 5) is 0. The molecule has 2 heteroatoms. The van der Waals surface area contributed by atoms with E-state index in [0.717, 1.165) is 13.0 Å². The van der Waals surface area contributed by atoms with Crippen LogP contribution in [-0.4, -0.2) is 25.4 Å². The Morgan fingerprint density at radius 3 is 2.56 bits per heavy atom. The summed E-state index contributed by atoms with van der Waals surface area (Å²) in [5, 5.41) is 8.61. The zero-order valence-corrected chi connectivity index (χ0v) is 5.89. The van der Waals surface area contributed by atoms with Gasteiger partial charge in [0.05, 0.1) is 6.61 Å². The Labute approximate surface area is 55.8 Å². The van der Waals surface area contributed by atoms with Gasteiger partial charge in [0.25, 0.3) is 0 Å². The van der Waals surface area contributed by atoms with Crippen LogP contribution in [0.1, 0.15) is 19.3 Å². The predicted molar refractivity (Wildman–Crippen MR) is 35.2 cm³/mol. The molecule has 0 atom stereocenters. The van der Waals surface area contributed by atoms with E-state index in [2.05, 4.69) is 0 Å². The van der Waals surface area contributed by atoms with Gasteiger partial charge in [0, 0.05) is 13.7 Å². The minimum atomic E-state index is 0.309. The van der Waals surface area contributed by atoms with E-state index in [9.17, 15) is 0 Å². The molecule has 1 N–H and O–H groups in total. The molecule has 0 radical (unpaired) electrons. The Morgan fingerprint density at radius 2 is 2.22 bits per heavy atom. The standard InChI is InChI=1S/C7H14O2/c1-9-6-7(2-3-7)4-5-8/h8H,2-6H2,1H3. The van der Waals surface area contributed by atoms with E-state index in [-0.39, 0.29) is 0 Å². The van der Waals surface area contributed by atoms with Crippen molar-refractivity contribution in [3.63, 3.8) is 0 Å². The minimum Gasteiger partial charge on any atom is -0.396 e. The second-order valence-electron chi connectivity index (χ2n) is 2.91. The maximum atomic E-state index is 8.61. The molecule has 0 aromatic carbocycles. The molecule has 2 nitrogen and oxygen atoms in total. The molecule has 0 spiro atoms. The van der Waals surface area contributed by atoms with Gasteiger partial charge in [0.2, 0.25) is 0 Å². The smallest absolute Gasteiger partial charge is 0.0519 e. The molecule has 1 aliphatic rings. The average Bonchev–Trinajstić information content (AvgIpc) is 2.51. The largest absolute Gasteiger partial charge is 0.396 e. The highest BCUT2D eigenvalue weighted by Crippen LogP contribution is 2.48. The van der Waals surface area contributed by atoms with Crippen molar-refractivity contribution in [1.29, 1.82) is 0 Å². The molecule has 1 aliphatic carbocycles. The molecule has 0 aliphatic heterocycles. The number of rotatable bonds is 4. The molecule has 0 bridgehead atoms. The van der Waals surface area contributed by atoms with Crippen molar-refractivity contribution in [1.82, 2.24) is 0 Å². The van der Waals surface area contributed by atoms with Crippen molar-refractivity contribution in [3.8, 4) is 0 Å². The molecule has 0 heterocycles. The lowest BCUT2D eigenvalue weighted by Crippen LogP contribution is -2.10. The van der Waals surface area contributed by atoms with E-state index in [1.807, 2.05) is 0 Å². The Morgan fingerprint density at radius 1 is 1.56 bits per heavy atom. The number of hydrogen-bond acceptors (Lipinski definition) is 2. The van der Waals surface area contributed by atoms with Crippen LogP contribution >= 0.6 is 0 Å². The number of aliphatic hydroxyl groups excluding tert-OH is 1. The third-order valence-electron chi connectivity index (χ3n) is 2.05. The van der Waals surface area contributed by atoms with Crippen LogP contribution in [0.15, 0.2) is 0 Å². The number of ether oxygens (including phenoxy) is 1. The van der Waals surface area contributed by atoms with Gasteiger partial charge >= 0.3 is 0 Å². The monoisotopic (exact) mass is 130 g/mol. The number of methoxy groups -OCH3 is 1. The average molecular weight is 130 g/mol. The molecule has 0 aromatic rings. The van der Waals surface area contributed by atoms with E-state index in [1.165, 1.54) is 12.8 Å². The summed E-state index contributed by atoms with van der Waals surface area (Å²) in [6.45, 7) is 1.14. The molecular formula is C7H14O2. The van der Waals surface area contributed by atoms with Gasteiger partial charge < -0.3 is 9.84 Å². The van der Waals surface area contributed by atoms with Gasteiger partial charge in [-0.25, -0.2) is 0 Å².